The Morgan fingerprint density at radius 2 is 2.31 bits per heavy atom. The molecule has 1 aromatic rings. The quantitative estimate of drug-likeness (QED) is 0.803. The second kappa shape index (κ2) is 4.16. The summed E-state index contributed by atoms with van der Waals surface area (Å²) in [6, 6.07) is 5.98. The zero-order valence-corrected chi connectivity index (χ0v) is 9.66. The lowest BCUT2D eigenvalue weighted by Crippen LogP contribution is -2.32. The summed E-state index contributed by atoms with van der Waals surface area (Å²) in [6.45, 7) is 4.79. The van der Waals surface area contributed by atoms with E-state index in [9.17, 15) is 9.90 Å². The molecule has 0 aliphatic carbocycles. The number of carboxylic acids is 1. The van der Waals surface area contributed by atoms with Gasteiger partial charge in [0.25, 0.3) is 0 Å². The number of benzene rings is 1. The summed E-state index contributed by atoms with van der Waals surface area (Å²) < 4.78 is 0. The third kappa shape index (κ3) is 1.77. The minimum absolute atomic E-state index is 0.187. The highest BCUT2D eigenvalue weighted by Gasteiger charge is 2.33. The molecule has 1 aromatic carbocycles. The van der Waals surface area contributed by atoms with Crippen LogP contribution in [0.5, 0.6) is 0 Å². The van der Waals surface area contributed by atoms with E-state index < -0.39 is 5.97 Å². The highest BCUT2D eigenvalue weighted by atomic mass is 16.4. The SMILES string of the molecule is CCC1CNc2ccc(C)cc2C1C(=O)O. The summed E-state index contributed by atoms with van der Waals surface area (Å²) in [6.07, 6.45) is 0.886. The number of hydrogen-bond donors (Lipinski definition) is 2. The van der Waals surface area contributed by atoms with Crippen LogP contribution in [0.4, 0.5) is 5.69 Å². The van der Waals surface area contributed by atoms with Crippen molar-refractivity contribution in [3.05, 3.63) is 29.3 Å². The van der Waals surface area contributed by atoms with Crippen LogP contribution < -0.4 is 5.32 Å². The lowest BCUT2D eigenvalue weighted by molar-refractivity contribution is -0.140. The molecule has 0 bridgehead atoms. The highest BCUT2D eigenvalue weighted by Crippen LogP contribution is 2.37. The molecule has 0 spiro atoms. The number of anilines is 1. The summed E-state index contributed by atoms with van der Waals surface area (Å²) in [5, 5.41) is 12.7. The van der Waals surface area contributed by atoms with Crippen molar-refractivity contribution in [1.29, 1.82) is 0 Å². The predicted molar refractivity (Wildman–Crippen MR) is 63.8 cm³/mol. The van der Waals surface area contributed by atoms with Gasteiger partial charge in [-0.05, 0) is 24.5 Å². The van der Waals surface area contributed by atoms with Crippen molar-refractivity contribution in [2.45, 2.75) is 26.2 Å². The van der Waals surface area contributed by atoms with Crippen molar-refractivity contribution in [2.75, 3.05) is 11.9 Å². The smallest absolute Gasteiger partial charge is 0.311 e. The maximum Gasteiger partial charge on any atom is 0.311 e. The molecule has 2 N–H and O–H groups in total. The molecule has 2 rings (SSSR count). The maximum atomic E-state index is 11.4. The van der Waals surface area contributed by atoms with Crippen molar-refractivity contribution in [3.8, 4) is 0 Å². The molecule has 1 aliphatic rings. The van der Waals surface area contributed by atoms with E-state index in [0.717, 1.165) is 29.8 Å². The number of nitrogens with one attached hydrogen (secondary N) is 1. The van der Waals surface area contributed by atoms with Gasteiger partial charge in [-0.2, -0.15) is 0 Å². The Hall–Kier alpha value is -1.51. The number of carbonyl (C=O) groups is 1. The van der Waals surface area contributed by atoms with Crippen LogP contribution in [0.1, 0.15) is 30.4 Å². The number of hydrogen-bond acceptors (Lipinski definition) is 2. The van der Waals surface area contributed by atoms with Gasteiger partial charge in [-0.25, -0.2) is 0 Å². The maximum absolute atomic E-state index is 11.4. The molecule has 2 atom stereocenters. The Balaban J connectivity index is 2.47. The fourth-order valence-corrected chi connectivity index (χ4v) is 2.43. The van der Waals surface area contributed by atoms with E-state index in [1.54, 1.807) is 0 Å². The minimum Gasteiger partial charge on any atom is -0.481 e. The van der Waals surface area contributed by atoms with Crippen LogP contribution in [-0.4, -0.2) is 17.6 Å². The Kier molecular flexibility index (Phi) is 2.86. The van der Waals surface area contributed by atoms with E-state index in [-0.39, 0.29) is 11.8 Å². The van der Waals surface area contributed by atoms with Crippen LogP contribution in [-0.2, 0) is 4.79 Å². The first-order chi connectivity index (χ1) is 7.63. The van der Waals surface area contributed by atoms with E-state index in [4.69, 9.17) is 0 Å². The largest absolute Gasteiger partial charge is 0.481 e. The number of carboxylic acid groups (broad SMARTS) is 1. The summed E-state index contributed by atoms with van der Waals surface area (Å²) in [5.74, 6) is -0.881. The van der Waals surface area contributed by atoms with Gasteiger partial charge >= 0.3 is 5.97 Å². The summed E-state index contributed by atoms with van der Waals surface area (Å²) in [5.41, 5.74) is 3.02. The van der Waals surface area contributed by atoms with Crippen molar-refractivity contribution >= 4 is 11.7 Å². The van der Waals surface area contributed by atoms with Gasteiger partial charge in [0.05, 0.1) is 5.92 Å². The van der Waals surface area contributed by atoms with E-state index in [0.29, 0.717) is 0 Å². The first-order valence-electron chi connectivity index (χ1n) is 5.70. The van der Waals surface area contributed by atoms with Gasteiger partial charge in [-0.3, -0.25) is 4.79 Å². The molecule has 3 nitrogen and oxygen atoms in total. The topological polar surface area (TPSA) is 49.3 Å². The van der Waals surface area contributed by atoms with Crippen LogP contribution in [0.15, 0.2) is 18.2 Å². The third-order valence-electron chi connectivity index (χ3n) is 3.36. The molecule has 0 aromatic heterocycles. The monoisotopic (exact) mass is 219 g/mol. The van der Waals surface area contributed by atoms with E-state index in [2.05, 4.69) is 5.32 Å². The van der Waals surface area contributed by atoms with Crippen LogP contribution in [0, 0.1) is 12.8 Å². The predicted octanol–water partition coefficient (Wildman–Crippen LogP) is 2.61. The molecule has 86 valence electrons. The van der Waals surface area contributed by atoms with Crippen LogP contribution >= 0.6 is 0 Å². The first-order valence-corrected chi connectivity index (χ1v) is 5.70. The van der Waals surface area contributed by atoms with Gasteiger partial charge in [0, 0.05) is 12.2 Å². The van der Waals surface area contributed by atoms with Gasteiger partial charge < -0.3 is 10.4 Å². The third-order valence-corrected chi connectivity index (χ3v) is 3.36. The van der Waals surface area contributed by atoms with Gasteiger partial charge in [0.2, 0.25) is 0 Å². The zero-order chi connectivity index (χ0) is 11.7. The van der Waals surface area contributed by atoms with E-state index in [1.807, 2.05) is 32.0 Å². The van der Waals surface area contributed by atoms with Gasteiger partial charge in [0.1, 0.15) is 0 Å². The molecule has 1 heterocycles. The molecule has 1 aliphatic heterocycles. The molecule has 2 unspecified atom stereocenters. The molecule has 0 amide bonds. The highest BCUT2D eigenvalue weighted by molar-refractivity contribution is 5.80. The van der Waals surface area contributed by atoms with Crippen molar-refractivity contribution < 1.29 is 9.90 Å². The second-order valence-electron chi connectivity index (χ2n) is 4.46. The number of aryl methyl sites for hydroxylation is 1. The Labute approximate surface area is 95.5 Å². The summed E-state index contributed by atoms with van der Waals surface area (Å²) in [4.78, 5) is 11.4. The molecular weight excluding hydrogens is 202 g/mol. The average Bonchev–Trinajstić information content (AvgIpc) is 2.26. The molecular formula is C13H17NO2. The van der Waals surface area contributed by atoms with E-state index in [1.165, 1.54) is 0 Å². The van der Waals surface area contributed by atoms with Crippen LogP contribution in [0.2, 0.25) is 0 Å². The van der Waals surface area contributed by atoms with Crippen LogP contribution in [0.25, 0.3) is 0 Å². The minimum atomic E-state index is -0.708. The second-order valence-corrected chi connectivity index (χ2v) is 4.46. The lowest BCUT2D eigenvalue weighted by Gasteiger charge is -2.31. The number of fused-ring (bicyclic) bond motifs is 1. The summed E-state index contributed by atoms with van der Waals surface area (Å²) in [7, 11) is 0. The summed E-state index contributed by atoms with van der Waals surface area (Å²) >= 11 is 0. The molecule has 16 heavy (non-hydrogen) atoms. The normalized spacial score (nSPS) is 23.4. The fraction of sp³-hybridized carbons (Fsp3) is 0.462. The molecule has 0 radical (unpaired) electrons. The molecule has 0 saturated heterocycles. The Morgan fingerprint density at radius 1 is 1.56 bits per heavy atom. The van der Waals surface area contributed by atoms with Gasteiger partial charge in [-0.1, -0.05) is 31.0 Å². The lowest BCUT2D eigenvalue weighted by atomic mass is 9.80. The van der Waals surface area contributed by atoms with Gasteiger partial charge in [-0.15, -0.1) is 0 Å². The Morgan fingerprint density at radius 3 is 2.94 bits per heavy atom. The average molecular weight is 219 g/mol. The van der Waals surface area contributed by atoms with Crippen molar-refractivity contribution in [1.82, 2.24) is 0 Å². The fourth-order valence-electron chi connectivity index (χ4n) is 2.43. The number of aliphatic carboxylic acids is 1. The molecule has 0 saturated carbocycles. The zero-order valence-electron chi connectivity index (χ0n) is 9.66. The molecule has 0 fully saturated rings. The van der Waals surface area contributed by atoms with Crippen LogP contribution in [0.3, 0.4) is 0 Å². The van der Waals surface area contributed by atoms with Crippen molar-refractivity contribution in [2.24, 2.45) is 5.92 Å². The van der Waals surface area contributed by atoms with Gasteiger partial charge in [0.15, 0.2) is 0 Å². The molecule has 3 heteroatoms. The standard InChI is InChI=1S/C13H17NO2/c1-3-9-7-14-11-5-4-8(2)6-10(11)12(9)13(15)16/h4-6,9,12,14H,3,7H2,1-2H3,(H,15,16). The Bertz CT molecular complexity index is 414. The number of rotatable bonds is 2. The van der Waals surface area contributed by atoms with Crippen molar-refractivity contribution in [3.63, 3.8) is 0 Å². The van der Waals surface area contributed by atoms with E-state index >= 15 is 0 Å². The first kappa shape index (κ1) is 11.0.